The van der Waals surface area contributed by atoms with Gasteiger partial charge in [0.05, 0.1) is 109 Å². The highest BCUT2D eigenvalue weighted by atomic mass is 19.2. The molecule has 3 atom stereocenters. The van der Waals surface area contributed by atoms with Crippen molar-refractivity contribution in [2.24, 2.45) is 0 Å². The molecule has 12 rings (SSSR count). The van der Waals surface area contributed by atoms with Crippen LogP contribution in [-0.4, -0.2) is 273 Å². The van der Waals surface area contributed by atoms with E-state index < -0.39 is 106 Å². The lowest BCUT2D eigenvalue weighted by Gasteiger charge is -2.28. The Bertz CT molecular complexity index is 4940. The molecule has 30 nitrogen and oxygen atoms in total. The van der Waals surface area contributed by atoms with E-state index >= 15 is 0 Å². The Balaban J connectivity index is 0.000000201. The van der Waals surface area contributed by atoms with Crippen LogP contribution in [0, 0.1) is 52.4 Å². The first-order chi connectivity index (χ1) is 60.7. The zero-order valence-corrected chi connectivity index (χ0v) is 75.6. The number of rotatable bonds is 24. The fourth-order valence-corrected chi connectivity index (χ4v) is 13.7. The Kier molecular flexibility index (Phi) is 32.7. The molecule has 3 aliphatic heterocycles. The van der Waals surface area contributed by atoms with Crippen molar-refractivity contribution in [2.45, 2.75) is 118 Å². The SMILES string of the molecule is CC(Nc1cc(F)c(F)c(F)c1)c1cc(C(=O)N(C)CCN(C)C(=O)OC(C)(C)C)cc2ncc(N3CCOCC3)nc12.CC(Nc1cc(F)c(F)c(F)c1)c1cc(C(=O)N(C)CCN(C)C(=O)OC(C)(C)C)cc2ncc(N3CCOCC3)nc12.CC(Nc1cc(F)c(F)c(F)c1)c1cc(C(=O)N(C)CCN(C)C(=O)OC(C)(C)C)cc2ncc(N3CCOCC3)nc12. The number of ether oxygens (including phenoxy) is 6. The third-order valence-electron chi connectivity index (χ3n) is 20.7. The average molecular weight is 1810 g/mol. The van der Waals surface area contributed by atoms with Crippen molar-refractivity contribution in [2.75, 3.05) is 191 Å². The van der Waals surface area contributed by atoms with Crippen molar-refractivity contribution < 1.29 is 96.7 Å². The molecule has 0 radical (unpaired) electrons. The predicted molar refractivity (Wildman–Crippen MR) is 470 cm³/mol. The zero-order chi connectivity index (χ0) is 94.4. The number of anilines is 6. The number of hydrogen-bond donors (Lipinski definition) is 3. The number of carbonyl (C=O) groups is 6. The maximum Gasteiger partial charge on any atom is 0.410 e. The van der Waals surface area contributed by atoms with E-state index in [1.54, 1.807) is 180 Å². The second-order valence-electron chi connectivity index (χ2n) is 34.5. The van der Waals surface area contributed by atoms with Gasteiger partial charge in [0.2, 0.25) is 0 Å². The Morgan fingerprint density at radius 1 is 0.349 bits per heavy atom. The topological polar surface area (TPSA) is 300 Å². The van der Waals surface area contributed by atoms with Gasteiger partial charge in [0.15, 0.2) is 52.4 Å². The van der Waals surface area contributed by atoms with Gasteiger partial charge in [-0.25, -0.2) is 68.8 Å². The van der Waals surface area contributed by atoms with Crippen molar-refractivity contribution in [1.82, 2.24) is 59.3 Å². The number of fused-ring (bicyclic) bond motifs is 3. The summed E-state index contributed by atoms with van der Waals surface area (Å²) in [6.45, 7) is 29.7. The molecule has 0 spiro atoms. The molecule has 0 aliphatic carbocycles. The van der Waals surface area contributed by atoms with E-state index in [4.69, 9.17) is 43.4 Å². The lowest BCUT2D eigenvalue weighted by Crippen LogP contribution is -2.40. The quantitative estimate of drug-likeness (QED) is 0.0288. The van der Waals surface area contributed by atoms with Gasteiger partial charge in [-0.15, -0.1) is 0 Å². The van der Waals surface area contributed by atoms with Crippen LogP contribution in [0.3, 0.4) is 0 Å². The summed E-state index contributed by atoms with van der Waals surface area (Å²) in [7, 11) is 9.64. The van der Waals surface area contributed by atoms with Gasteiger partial charge in [-0.3, -0.25) is 29.3 Å². The molecule has 6 aromatic carbocycles. The third-order valence-corrected chi connectivity index (χ3v) is 20.7. The molecule has 0 bridgehead atoms. The summed E-state index contributed by atoms with van der Waals surface area (Å²) >= 11 is 0. The van der Waals surface area contributed by atoms with Crippen LogP contribution in [0.1, 0.15) is 149 Å². The van der Waals surface area contributed by atoms with Crippen LogP contribution in [0.2, 0.25) is 0 Å². The van der Waals surface area contributed by atoms with E-state index in [0.717, 1.165) is 36.4 Å². The minimum Gasteiger partial charge on any atom is -0.444 e. The third kappa shape index (κ3) is 26.7. The molecule has 3 N–H and O–H groups in total. The van der Waals surface area contributed by atoms with E-state index in [0.29, 0.717) is 163 Å². The fourth-order valence-electron chi connectivity index (χ4n) is 13.7. The first-order valence-corrected chi connectivity index (χ1v) is 41.9. The van der Waals surface area contributed by atoms with Gasteiger partial charge in [0.1, 0.15) is 34.3 Å². The molecular weight excluding hydrogens is 1700 g/mol. The number of carbonyl (C=O) groups excluding carboxylic acids is 6. The van der Waals surface area contributed by atoms with Crippen LogP contribution in [0.25, 0.3) is 33.1 Å². The summed E-state index contributed by atoms with van der Waals surface area (Å²) in [5.41, 5.74) is 3.53. The molecule has 3 aromatic heterocycles. The van der Waals surface area contributed by atoms with Gasteiger partial charge < -0.3 is 88.5 Å². The summed E-state index contributed by atoms with van der Waals surface area (Å²) < 4.78 is 157. The zero-order valence-electron chi connectivity index (χ0n) is 75.6. The number of morpholine rings is 3. The summed E-state index contributed by atoms with van der Waals surface area (Å²) in [5.74, 6) is -11.7. The van der Waals surface area contributed by atoms with Crippen LogP contribution in [0.4, 0.5) is 88.4 Å². The first-order valence-electron chi connectivity index (χ1n) is 41.9. The van der Waals surface area contributed by atoms with E-state index in [-0.39, 0.29) is 74.1 Å². The van der Waals surface area contributed by atoms with E-state index in [9.17, 15) is 68.3 Å². The number of halogens is 9. The molecule has 3 unspecified atom stereocenters. The van der Waals surface area contributed by atoms with E-state index in [1.165, 1.54) is 29.4 Å². The minimum absolute atomic E-state index is 0.0216. The Morgan fingerprint density at radius 3 is 0.767 bits per heavy atom. The fraction of sp³-hybridized carbons (Fsp3) is 0.467. The maximum atomic E-state index is 13.9. The summed E-state index contributed by atoms with van der Waals surface area (Å²) in [5, 5.41) is 8.98. The van der Waals surface area contributed by atoms with Gasteiger partial charge in [-0.1, -0.05) is 0 Å². The largest absolute Gasteiger partial charge is 0.444 e. The van der Waals surface area contributed by atoms with Crippen molar-refractivity contribution in [1.29, 1.82) is 0 Å². The number of hydrogen-bond acceptors (Lipinski definition) is 24. The molecule has 3 aliphatic rings. The van der Waals surface area contributed by atoms with Gasteiger partial charge in [0.25, 0.3) is 17.7 Å². The molecule has 39 heteroatoms. The van der Waals surface area contributed by atoms with Gasteiger partial charge >= 0.3 is 18.3 Å². The highest BCUT2D eigenvalue weighted by molar-refractivity contribution is 6.00. The number of nitrogens with zero attached hydrogens (tertiary/aromatic N) is 15. The average Bonchev–Trinajstić information content (AvgIpc) is 0.781. The Hall–Kier alpha value is -12.4. The van der Waals surface area contributed by atoms with Gasteiger partial charge in [-0.05, 0) is 119 Å². The molecule has 3 fully saturated rings. The molecule has 6 heterocycles. The minimum atomic E-state index is -1.56. The monoisotopic (exact) mass is 1810 g/mol. The molecule has 3 saturated heterocycles. The second kappa shape index (κ2) is 42.7. The van der Waals surface area contributed by atoms with Crippen LogP contribution < -0.4 is 30.7 Å². The number of nitrogens with one attached hydrogen (secondary N) is 3. The highest BCUT2D eigenvalue weighted by Gasteiger charge is 2.31. The van der Waals surface area contributed by atoms with Crippen molar-refractivity contribution in [3.63, 3.8) is 0 Å². The van der Waals surface area contributed by atoms with Crippen molar-refractivity contribution in [3.05, 3.63) is 177 Å². The standard InChI is InChI=1S/3C30H37F3N6O4/c3*1-18(35-20-15-22(31)26(33)23(32)16-20)21-13-19(28(40)37(5)7-8-38(6)29(41)43-30(2,3)4)14-24-27(21)36-25(17-34-24)39-9-11-42-12-10-39/h3*13-18,35H,7-12H2,1-6H3. The second-order valence-corrected chi connectivity index (χ2v) is 34.5. The predicted octanol–water partition coefficient (Wildman–Crippen LogP) is 15.0. The van der Waals surface area contributed by atoms with Crippen LogP contribution in [0.5, 0.6) is 0 Å². The first kappa shape index (κ1) is 98.8. The molecule has 9 aromatic rings. The maximum absolute atomic E-state index is 13.9. The number of aromatic nitrogens is 6. The summed E-state index contributed by atoms with van der Waals surface area (Å²) in [6.07, 6.45) is 3.40. The number of amides is 6. The normalized spacial score (nSPS) is 14.4. The van der Waals surface area contributed by atoms with E-state index in [2.05, 4.69) is 30.9 Å². The van der Waals surface area contributed by atoms with Crippen LogP contribution in [-0.2, 0) is 28.4 Å². The lowest BCUT2D eigenvalue weighted by molar-refractivity contribution is 0.0275. The van der Waals surface area contributed by atoms with Crippen molar-refractivity contribution >= 4 is 104 Å². The summed E-state index contributed by atoms with van der Waals surface area (Å²) in [4.78, 5) is 121. The molecule has 129 heavy (non-hydrogen) atoms. The van der Waals surface area contributed by atoms with E-state index in [1.807, 2.05) is 14.7 Å². The Morgan fingerprint density at radius 2 is 0.558 bits per heavy atom. The van der Waals surface area contributed by atoms with Crippen LogP contribution >= 0.6 is 0 Å². The molecule has 0 saturated carbocycles. The van der Waals surface area contributed by atoms with Crippen molar-refractivity contribution in [3.8, 4) is 0 Å². The lowest BCUT2D eigenvalue weighted by atomic mass is 10.0. The number of likely N-dealkylation sites (N-methyl/N-ethyl adjacent to an activating group) is 6. The highest BCUT2D eigenvalue weighted by Crippen LogP contribution is 2.35. The Labute approximate surface area is 742 Å². The summed E-state index contributed by atoms with van der Waals surface area (Å²) in [6, 6.07) is 13.2. The van der Waals surface area contributed by atoms with Crippen LogP contribution in [0.15, 0.2) is 91.4 Å². The number of benzene rings is 6. The smallest absolute Gasteiger partial charge is 0.410 e. The van der Waals surface area contributed by atoms with Gasteiger partial charge in [-0.2, -0.15) is 0 Å². The van der Waals surface area contributed by atoms with Gasteiger partial charge in [0, 0.05) is 208 Å². The molecular formula is C90H111F9N18O12. The molecule has 6 amide bonds. The molecule has 696 valence electrons.